The second-order valence-electron chi connectivity index (χ2n) is 8.32. The summed E-state index contributed by atoms with van der Waals surface area (Å²) in [4.78, 5) is 32.2. The Labute approximate surface area is 198 Å². The van der Waals surface area contributed by atoms with Gasteiger partial charge >= 0.3 is 12.1 Å². The Morgan fingerprint density at radius 2 is 1.68 bits per heavy atom. The van der Waals surface area contributed by atoms with E-state index in [2.05, 4.69) is 4.98 Å². The van der Waals surface area contributed by atoms with Crippen LogP contribution < -0.4 is 4.90 Å². The Kier molecular flexibility index (Phi) is 6.07. The molecule has 2 heterocycles. The minimum Gasteiger partial charge on any atom is -0.507 e. The fraction of sp³-hybridized carbons (Fsp3) is 0.240. The topological polar surface area (TPSA) is 70.5 Å². The lowest BCUT2D eigenvalue weighted by atomic mass is 9.94. The van der Waals surface area contributed by atoms with Crippen LogP contribution in [-0.4, -0.2) is 21.8 Å². The summed E-state index contributed by atoms with van der Waals surface area (Å²) in [5, 5.41) is 11.3. The van der Waals surface area contributed by atoms with Crippen LogP contribution in [0.3, 0.4) is 0 Å². The summed E-state index contributed by atoms with van der Waals surface area (Å²) < 4.78 is 39.3. The van der Waals surface area contributed by atoms with Gasteiger partial charge in [0, 0.05) is 16.6 Å². The van der Waals surface area contributed by atoms with Crippen LogP contribution in [0.15, 0.2) is 60.3 Å². The van der Waals surface area contributed by atoms with E-state index in [1.54, 1.807) is 19.1 Å². The van der Waals surface area contributed by atoms with Crippen molar-refractivity contribution in [1.29, 1.82) is 0 Å². The molecule has 0 bridgehead atoms. The van der Waals surface area contributed by atoms with Crippen LogP contribution in [0.4, 0.5) is 18.3 Å². The van der Waals surface area contributed by atoms with E-state index in [4.69, 9.17) is 0 Å². The first-order valence-electron chi connectivity index (χ1n) is 10.5. The zero-order valence-electron chi connectivity index (χ0n) is 18.6. The Morgan fingerprint density at radius 3 is 2.18 bits per heavy atom. The second kappa shape index (κ2) is 8.72. The summed E-state index contributed by atoms with van der Waals surface area (Å²) in [5.41, 5.74) is 0.544. The molecular weight excluding hydrogens is 465 g/mol. The molecule has 3 aromatic rings. The average Bonchev–Trinajstić information content (AvgIpc) is 3.33. The number of benzene rings is 2. The third-order valence-corrected chi connectivity index (χ3v) is 6.58. The third-order valence-electron chi connectivity index (χ3n) is 5.66. The van der Waals surface area contributed by atoms with Gasteiger partial charge in [0.25, 0.3) is 5.78 Å². The smallest absolute Gasteiger partial charge is 0.416 e. The molecule has 176 valence electrons. The van der Waals surface area contributed by atoms with Gasteiger partial charge in [0.05, 0.1) is 17.2 Å². The first-order valence-corrected chi connectivity index (χ1v) is 11.3. The summed E-state index contributed by atoms with van der Waals surface area (Å²) in [6.07, 6.45) is -3.00. The van der Waals surface area contributed by atoms with Crippen molar-refractivity contribution in [2.45, 2.75) is 38.9 Å². The number of aromatic nitrogens is 1. The molecule has 1 atom stereocenters. The molecule has 1 amide bonds. The number of nitrogens with zero attached hydrogens (tertiary/aromatic N) is 2. The highest BCUT2D eigenvalue weighted by Gasteiger charge is 2.48. The van der Waals surface area contributed by atoms with Crippen LogP contribution >= 0.6 is 11.3 Å². The van der Waals surface area contributed by atoms with Gasteiger partial charge in [0.2, 0.25) is 0 Å². The van der Waals surface area contributed by atoms with Gasteiger partial charge < -0.3 is 5.11 Å². The van der Waals surface area contributed by atoms with Crippen molar-refractivity contribution in [3.63, 3.8) is 0 Å². The molecule has 5 nitrogen and oxygen atoms in total. The molecule has 0 spiro atoms. The summed E-state index contributed by atoms with van der Waals surface area (Å²) >= 11 is 1.17. The Balaban J connectivity index is 1.88. The van der Waals surface area contributed by atoms with Crippen LogP contribution in [-0.2, 0) is 15.8 Å². The fourth-order valence-electron chi connectivity index (χ4n) is 3.84. The van der Waals surface area contributed by atoms with Crippen molar-refractivity contribution in [3.05, 3.63) is 87.4 Å². The van der Waals surface area contributed by atoms with Crippen molar-refractivity contribution in [2.24, 2.45) is 0 Å². The van der Waals surface area contributed by atoms with Crippen molar-refractivity contribution in [2.75, 3.05) is 4.90 Å². The third kappa shape index (κ3) is 4.23. The van der Waals surface area contributed by atoms with E-state index in [0.29, 0.717) is 5.56 Å². The highest BCUT2D eigenvalue weighted by atomic mass is 32.1. The number of Topliss-reactive ketones (excluding diaryl/α,β-unsaturated/α-hetero) is 1. The molecule has 0 aliphatic carbocycles. The molecule has 1 fully saturated rings. The largest absolute Gasteiger partial charge is 0.507 e. The molecule has 0 saturated carbocycles. The molecule has 4 rings (SSSR count). The number of rotatable bonds is 4. The lowest BCUT2D eigenvalue weighted by Gasteiger charge is -2.23. The Bertz CT molecular complexity index is 1280. The van der Waals surface area contributed by atoms with Gasteiger partial charge in [0.15, 0.2) is 5.13 Å². The number of aliphatic hydroxyl groups is 1. The molecule has 34 heavy (non-hydrogen) atoms. The summed E-state index contributed by atoms with van der Waals surface area (Å²) in [5.74, 6) is -1.97. The van der Waals surface area contributed by atoms with E-state index in [0.717, 1.165) is 27.5 Å². The van der Waals surface area contributed by atoms with Crippen molar-refractivity contribution < 1.29 is 27.9 Å². The molecule has 1 aliphatic heterocycles. The van der Waals surface area contributed by atoms with E-state index in [9.17, 15) is 27.9 Å². The molecule has 0 radical (unpaired) electrons. The maximum Gasteiger partial charge on any atom is 0.416 e. The highest BCUT2D eigenvalue weighted by molar-refractivity contribution is 7.15. The number of carbonyl (C=O) groups excluding carboxylic acids is 2. The minimum atomic E-state index is -4.54. The fourth-order valence-corrected chi connectivity index (χ4v) is 4.62. The summed E-state index contributed by atoms with van der Waals surface area (Å²) in [6, 6.07) is 9.99. The second-order valence-corrected chi connectivity index (χ2v) is 9.53. The molecular formula is C25H21F3N2O3S. The lowest BCUT2D eigenvalue weighted by Crippen LogP contribution is -2.29. The molecule has 2 aromatic carbocycles. The molecule has 1 aromatic heterocycles. The van der Waals surface area contributed by atoms with Crippen LogP contribution in [0.25, 0.3) is 5.76 Å². The molecule has 9 heteroatoms. The Hall–Kier alpha value is -3.46. The monoisotopic (exact) mass is 486 g/mol. The first-order chi connectivity index (χ1) is 16.0. The van der Waals surface area contributed by atoms with Crippen molar-refractivity contribution >= 4 is 33.9 Å². The van der Waals surface area contributed by atoms with E-state index >= 15 is 0 Å². The molecule has 1 N–H and O–H groups in total. The average molecular weight is 487 g/mol. The van der Waals surface area contributed by atoms with Gasteiger partial charge in [-0.05, 0) is 36.1 Å². The zero-order valence-corrected chi connectivity index (χ0v) is 19.4. The number of thiazole rings is 1. The number of alkyl halides is 3. The minimum absolute atomic E-state index is 0.199. The van der Waals surface area contributed by atoms with Crippen molar-refractivity contribution in [1.82, 2.24) is 4.98 Å². The van der Waals surface area contributed by atoms with Gasteiger partial charge in [0.1, 0.15) is 5.76 Å². The standard InChI is InChI=1S/C25H21F3N2O3S/c1-13(2)15-4-6-17(7-5-15)21(31)19-20(16-8-10-18(11-9-16)25(26,27)28)30(23(33)22(19)32)24-29-12-14(3)34-24/h4-13,20,31H,1-3H3/b21-19+. The summed E-state index contributed by atoms with van der Waals surface area (Å²) in [6.45, 7) is 5.81. The number of carbonyl (C=O) groups is 2. The van der Waals surface area contributed by atoms with Gasteiger partial charge in [-0.25, -0.2) is 4.98 Å². The summed E-state index contributed by atoms with van der Waals surface area (Å²) in [7, 11) is 0. The number of hydrogen-bond donors (Lipinski definition) is 1. The number of anilines is 1. The first kappa shape index (κ1) is 23.7. The van der Waals surface area contributed by atoms with Gasteiger partial charge in [-0.2, -0.15) is 13.2 Å². The van der Waals surface area contributed by atoms with E-state index in [-0.39, 0.29) is 22.2 Å². The van der Waals surface area contributed by atoms with Crippen molar-refractivity contribution in [3.8, 4) is 0 Å². The number of halogens is 3. The number of aryl methyl sites for hydroxylation is 1. The lowest BCUT2D eigenvalue weighted by molar-refractivity contribution is -0.137. The van der Waals surface area contributed by atoms with E-state index < -0.39 is 35.2 Å². The number of aliphatic hydroxyl groups excluding tert-OH is 1. The van der Waals surface area contributed by atoms with Gasteiger partial charge in [-0.15, -0.1) is 11.3 Å². The van der Waals surface area contributed by atoms with Gasteiger partial charge in [-0.3, -0.25) is 14.5 Å². The van der Waals surface area contributed by atoms with Crippen LogP contribution in [0, 0.1) is 6.92 Å². The van der Waals surface area contributed by atoms with Crippen LogP contribution in [0.1, 0.15) is 52.9 Å². The highest BCUT2D eigenvalue weighted by Crippen LogP contribution is 2.43. The quantitative estimate of drug-likeness (QED) is 0.270. The predicted octanol–water partition coefficient (Wildman–Crippen LogP) is 6.22. The molecule has 1 aliphatic rings. The normalized spacial score (nSPS) is 18.2. The zero-order chi connectivity index (χ0) is 24.8. The van der Waals surface area contributed by atoms with E-state index in [1.807, 2.05) is 26.0 Å². The maximum atomic E-state index is 13.1. The number of hydrogen-bond acceptors (Lipinski definition) is 5. The SMILES string of the molecule is Cc1cnc(N2C(=O)C(=O)/C(=C(/O)c3ccc(C(C)C)cc3)C2c2ccc(C(F)(F)F)cc2)s1. The number of amides is 1. The Morgan fingerprint density at radius 1 is 1.06 bits per heavy atom. The predicted molar refractivity (Wildman–Crippen MR) is 124 cm³/mol. The van der Waals surface area contributed by atoms with E-state index in [1.165, 1.54) is 29.7 Å². The van der Waals surface area contributed by atoms with Crippen LogP contribution in [0.5, 0.6) is 0 Å². The molecule has 1 unspecified atom stereocenters. The maximum absolute atomic E-state index is 13.1. The van der Waals surface area contributed by atoms with Crippen LogP contribution in [0.2, 0.25) is 0 Å². The van der Waals surface area contributed by atoms with Gasteiger partial charge in [-0.1, -0.05) is 50.2 Å². The molecule has 1 saturated heterocycles. The number of ketones is 1.